The molecule has 0 atom stereocenters. The van der Waals surface area contributed by atoms with Gasteiger partial charge in [0.1, 0.15) is 0 Å². The van der Waals surface area contributed by atoms with E-state index in [0.717, 1.165) is 49.3 Å². The molecule has 0 radical (unpaired) electrons. The zero-order valence-electron chi connectivity index (χ0n) is 19.9. The van der Waals surface area contributed by atoms with Gasteiger partial charge in [0, 0.05) is 32.7 Å². The molecule has 4 N–H and O–H groups in total. The Labute approximate surface area is 213 Å². The molecule has 2 amide bonds. The van der Waals surface area contributed by atoms with Crippen molar-refractivity contribution in [2.24, 2.45) is 11.7 Å². The van der Waals surface area contributed by atoms with E-state index in [0.29, 0.717) is 26.2 Å². The first-order valence-electron chi connectivity index (χ1n) is 12.0. The normalized spacial score (nSPS) is 17.5. The lowest BCUT2D eigenvalue weighted by atomic mass is 9.97. The third kappa shape index (κ3) is 6.77. The number of hydrogen-bond donors (Lipinski definition) is 3. The maximum atomic E-state index is 13.5. The van der Waals surface area contributed by atoms with Gasteiger partial charge in [-0.25, -0.2) is 18.2 Å². The fourth-order valence-corrected chi connectivity index (χ4v) is 5.81. The molecule has 11 heteroatoms. The standard InChI is InChI=1S/C24H34N6O3S.ClH/c25-23(26)28-15-11-19(12-16-28)18-30(24(31)29-13-5-1-2-6-14-29)27-34(32,33)22-10-9-20-7-3-4-8-21(20)17-22;/h3-4,7-10,17,19,27H,1-2,5-6,11-16,18H2,(H3,25,26);1H. The minimum absolute atomic E-state index is 0. The van der Waals surface area contributed by atoms with Crippen LogP contribution in [0.2, 0.25) is 0 Å². The van der Waals surface area contributed by atoms with Gasteiger partial charge < -0.3 is 15.5 Å². The molecule has 4 rings (SSSR count). The number of hydrazine groups is 1. The largest absolute Gasteiger partial charge is 0.370 e. The number of carbonyl (C=O) groups excluding carboxylic acids is 1. The minimum Gasteiger partial charge on any atom is -0.370 e. The highest BCUT2D eigenvalue weighted by Crippen LogP contribution is 2.22. The Kier molecular flexibility index (Phi) is 9.21. The van der Waals surface area contributed by atoms with Gasteiger partial charge in [0.25, 0.3) is 10.0 Å². The van der Waals surface area contributed by atoms with Crippen molar-refractivity contribution in [3.05, 3.63) is 42.5 Å². The molecule has 2 aromatic rings. The first-order chi connectivity index (χ1) is 16.3. The molecular formula is C24H35ClN6O3S. The van der Waals surface area contributed by atoms with E-state index in [1.807, 2.05) is 24.3 Å². The van der Waals surface area contributed by atoms with E-state index in [-0.39, 0.29) is 41.8 Å². The van der Waals surface area contributed by atoms with Gasteiger partial charge >= 0.3 is 6.03 Å². The molecule has 2 heterocycles. The van der Waals surface area contributed by atoms with E-state index < -0.39 is 10.0 Å². The van der Waals surface area contributed by atoms with E-state index >= 15 is 0 Å². The highest BCUT2D eigenvalue weighted by Gasteiger charge is 2.30. The van der Waals surface area contributed by atoms with Crippen molar-refractivity contribution in [3.63, 3.8) is 0 Å². The second-order valence-electron chi connectivity index (χ2n) is 9.21. The van der Waals surface area contributed by atoms with Crippen molar-refractivity contribution in [2.45, 2.75) is 43.4 Å². The molecule has 2 aliphatic rings. The summed E-state index contributed by atoms with van der Waals surface area (Å²) in [5.74, 6) is 0.166. The fraction of sp³-hybridized carbons (Fsp3) is 0.500. The van der Waals surface area contributed by atoms with Crippen LogP contribution in [0.15, 0.2) is 47.4 Å². The van der Waals surface area contributed by atoms with Crippen LogP contribution >= 0.6 is 12.4 Å². The summed E-state index contributed by atoms with van der Waals surface area (Å²) < 4.78 is 26.7. The molecular weight excluding hydrogens is 488 g/mol. The average Bonchev–Trinajstić information content (AvgIpc) is 3.13. The number of nitrogens with one attached hydrogen (secondary N) is 2. The molecule has 9 nitrogen and oxygen atoms in total. The van der Waals surface area contributed by atoms with E-state index in [4.69, 9.17) is 11.1 Å². The van der Waals surface area contributed by atoms with E-state index in [1.165, 1.54) is 5.01 Å². The third-order valence-corrected chi connectivity index (χ3v) is 8.10. The van der Waals surface area contributed by atoms with Gasteiger partial charge in [-0.05, 0) is 54.5 Å². The van der Waals surface area contributed by atoms with Crippen molar-refractivity contribution in [1.82, 2.24) is 19.6 Å². The van der Waals surface area contributed by atoms with Crippen LogP contribution in [0.3, 0.4) is 0 Å². The number of benzene rings is 2. The fourth-order valence-electron chi connectivity index (χ4n) is 4.73. The monoisotopic (exact) mass is 522 g/mol. The predicted molar refractivity (Wildman–Crippen MR) is 140 cm³/mol. The highest BCUT2D eigenvalue weighted by molar-refractivity contribution is 7.89. The van der Waals surface area contributed by atoms with Crippen molar-refractivity contribution in [1.29, 1.82) is 5.41 Å². The summed E-state index contributed by atoms with van der Waals surface area (Å²) in [5.41, 5.74) is 5.61. The number of nitrogens with two attached hydrogens (primary N) is 1. The van der Waals surface area contributed by atoms with Crippen molar-refractivity contribution >= 4 is 45.2 Å². The zero-order valence-corrected chi connectivity index (χ0v) is 21.5. The van der Waals surface area contributed by atoms with Gasteiger partial charge in [0.05, 0.1) is 4.90 Å². The van der Waals surface area contributed by atoms with Crippen LogP contribution in [-0.4, -0.2) is 67.9 Å². The van der Waals surface area contributed by atoms with E-state index in [1.54, 1.807) is 28.0 Å². The summed E-state index contributed by atoms with van der Waals surface area (Å²) in [7, 11) is -3.95. The van der Waals surface area contributed by atoms with Gasteiger partial charge in [0.15, 0.2) is 5.96 Å². The molecule has 2 aromatic carbocycles. The number of urea groups is 1. The number of rotatable bonds is 5. The number of hydrogen-bond acceptors (Lipinski definition) is 4. The third-order valence-electron chi connectivity index (χ3n) is 6.77. The lowest BCUT2D eigenvalue weighted by molar-refractivity contribution is 0.125. The van der Waals surface area contributed by atoms with Gasteiger partial charge in [-0.1, -0.05) is 43.2 Å². The lowest BCUT2D eigenvalue weighted by Crippen LogP contribution is -2.54. The second kappa shape index (κ2) is 11.9. The quantitative estimate of drug-likeness (QED) is 0.315. The summed E-state index contributed by atoms with van der Waals surface area (Å²) in [6, 6.07) is 12.3. The number of sulfonamides is 1. The van der Waals surface area contributed by atoms with Crippen LogP contribution in [0.4, 0.5) is 4.79 Å². The van der Waals surface area contributed by atoms with Crippen LogP contribution in [0.5, 0.6) is 0 Å². The van der Waals surface area contributed by atoms with Crippen molar-refractivity contribution in [3.8, 4) is 0 Å². The van der Waals surface area contributed by atoms with Gasteiger partial charge in [-0.3, -0.25) is 5.41 Å². The Morgan fingerprint density at radius 2 is 1.60 bits per heavy atom. The molecule has 35 heavy (non-hydrogen) atoms. The molecule has 0 saturated carbocycles. The Hall–Kier alpha value is -2.56. The molecule has 2 fully saturated rings. The number of carbonyl (C=O) groups is 1. The van der Waals surface area contributed by atoms with Crippen LogP contribution in [-0.2, 0) is 10.0 Å². The van der Waals surface area contributed by atoms with Crippen molar-refractivity contribution < 1.29 is 13.2 Å². The number of nitrogens with zero attached hydrogens (tertiary/aromatic N) is 3. The number of amides is 2. The number of halogens is 1. The number of fused-ring (bicyclic) bond motifs is 1. The average molecular weight is 523 g/mol. The second-order valence-corrected chi connectivity index (χ2v) is 10.9. The first-order valence-corrected chi connectivity index (χ1v) is 13.5. The van der Waals surface area contributed by atoms with Gasteiger partial charge in [-0.15, -0.1) is 17.2 Å². The predicted octanol–water partition coefficient (Wildman–Crippen LogP) is 3.36. The maximum Gasteiger partial charge on any atom is 0.335 e. The molecule has 0 aromatic heterocycles. The minimum atomic E-state index is -3.95. The Bertz CT molecular complexity index is 1130. The molecule has 2 saturated heterocycles. The Morgan fingerprint density at radius 3 is 2.23 bits per heavy atom. The number of guanidine groups is 1. The molecule has 0 spiro atoms. The molecule has 192 valence electrons. The summed E-state index contributed by atoms with van der Waals surface area (Å²) in [6.45, 7) is 2.81. The number of piperidine rings is 1. The van der Waals surface area contributed by atoms with Crippen LogP contribution < -0.4 is 10.6 Å². The molecule has 0 unspecified atom stereocenters. The zero-order chi connectivity index (χ0) is 24.1. The summed E-state index contributed by atoms with van der Waals surface area (Å²) in [6.07, 6.45) is 5.48. The molecule has 0 aliphatic carbocycles. The van der Waals surface area contributed by atoms with E-state index in [9.17, 15) is 13.2 Å². The van der Waals surface area contributed by atoms with Crippen LogP contribution in [0, 0.1) is 11.3 Å². The SMILES string of the molecule is Cl.N=C(N)N1CCC(CN(NS(=O)(=O)c2ccc3ccccc3c2)C(=O)N2CCCCCC2)CC1. The summed E-state index contributed by atoms with van der Waals surface area (Å²) in [4.78, 5) is 19.8. The van der Waals surface area contributed by atoms with Crippen LogP contribution in [0.25, 0.3) is 10.8 Å². The van der Waals surface area contributed by atoms with Crippen LogP contribution in [0.1, 0.15) is 38.5 Å². The lowest BCUT2D eigenvalue weighted by Gasteiger charge is -2.36. The van der Waals surface area contributed by atoms with Gasteiger partial charge in [-0.2, -0.15) is 0 Å². The maximum absolute atomic E-state index is 13.5. The Morgan fingerprint density at radius 1 is 0.971 bits per heavy atom. The Balaban J connectivity index is 0.00000342. The molecule has 0 bridgehead atoms. The molecule has 2 aliphatic heterocycles. The topological polar surface area (TPSA) is 123 Å². The highest BCUT2D eigenvalue weighted by atomic mass is 35.5. The first kappa shape index (κ1) is 27.0. The number of likely N-dealkylation sites (tertiary alicyclic amines) is 2. The van der Waals surface area contributed by atoms with E-state index in [2.05, 4.69) is 4.83 Å². The smallest absolute Gasteiger partial charge is 0.335 e. The summed E-state index contributed by atoms with van der Waals surface area (Å²) in [5, 5.41) is 10.7. The van der Waals surface area contributed by atoms with Gasteiger partial charge in [0.2, 0.25) is 0 Å². The summed E-state index contributed by atoms with van der Waals surface area (Å²) >= 11 is 0. The van der Waals surface area contributed by atoms with Crippen molar-refractivity contribution in [2.75, 3.05) is 32.7 Å².